The van der Waals surface area contributed by atoms with Crippen molar-refractivity contribution in [1.29, 1.82) is 0 Å². The van der Waals surface area contributed by atoms with Crippen LogP contribution in [0.1, 0.15) is 5.76 Å². The van der Waals surface area contributed by atoms with Crippen molar-refractivity contribution in [1.82, 2.24) is 4.98 Å². The van der Waals surface area contributed by atoms with Crippen LogP contribution in [0.4, 0.5) is 5.69 Å². The Kier molecular flexibility index (Phi) is 3.28. The lowest BCUT2D eigenvalue weighted by molar-refractivity contribution is 0.512. The maximum Gasteiger partial charge on any atom is 0.180 e. The molecule has 94 valence electrons. The minimum atomic E-state index is 0.644. The van der Waals surface area contributed by atoms with E-state index in [1.54, 1.807) is 6.20 Å². The van der Waals surface area contributed by atoms with Gasteiger partial charge in [0, 0.05) is 5.69 Å². The van der Waals surface area contributed by atoms with E-state index in [1.807, 2.05) is 18.2 Å². The van der Waals surface area contributed by atoms with Crippen molar-refractivity contribution < 1.29 is 4.42 Å². The number of nitrogens with zero attached hydrogens (tertiary/aromatic N) is 1. The topological polar surface area (TPSA) is 38.1 Å². The number of anilines is 1. The third-order valence-electron chi connectivity index (χ3n) is 2.94. The van der Waals surface area contributed by atoms with Crippen molar-refractivity contribution in [3.8, 4) is 11.1 Å². The van der Waals surface area contributed by atoms with Crippen molar-refractivity contribution in [2.24, 2.45) is 0 Å². The number of nitrogens with one attached hydrogen (secondary N) is 1. The molecule has 19 heavy (non-hydrogen) atoms. The van der Waals surface area contributed by atoms with Gasteiger partial charge in [0.2, 0.25) is 0 Å². The highest BCUT2D eigenvalue weighted by Crippen LogP contribution is 2.21. The van der Waals surface area contributed by atoms with E-state index in [4.69, 9.17) is 4.42 Å². The summed E-state index contributed by atoms with van der Waals surface area (Å²) in [5.41, 5.74) is 3.51. The molecule has 3 aromatic rings. The zero-order valence-electron chi connectivity index (χ0n) is 10.4. The van der Waals surface area contributed by atoms with Gasteiger partial charge in [0.1, 0.15) is 5.76 Å². The third kappa shape index (κ3) is 2.83. The fraction of sp³-hybridized carbons (Fsp3) is 0.0625. The number of benzene rings is 2. The summed E-state index contributed by atoms with van der Waals surface area (Å²) in [5.74, 6) is 0.826. The SMILES string of the molecule is c1ccc(-c2ccc(NCc3cnco3)cc2)cc1. The van der Waals surface area contributed by atoms with Crippen molar-refractivity contribution in [2.45, 2.75) is 6.54 Å². The Balaban J connectivity index is 1.69. The Bertz CT molecular complexity index is 616. The van der Waals surface area contributed by atoms with Crippen LogP contribution in [0, 0.1) is 0 Å². The van der Waals surface area contributed by atoms with Crippen LogP contribution in [-0.2, 0) is 6.54 Å². The number of oxazole rings is 1. The highest BCUT2D eigenvalue weighted by Gasteiger charge is 1.99. The fourth-order valence-electron chi connectivity index (χ4n) is 1.93. The first kappa shape index (κ1) is 11.5. The Hall–Kier alpha value is -2.55. The summed E-state index contributed by atoms with van der Waals surface area (Å²) in [4.78, 5) is 3.88. The molecular weight excluding hydrogens is 236 g/mol. The molecule has 0 fully saturated rings. The molecule has 0 amide bonds. The van der Waals surface area contributed by atoms with Crippen molar-refractivity contribution in [3.05, 3.63) is 72.9 Å². The molecule has 0 saturated carbocycles. The average molecular weight is 250 g/mol. The number of hydrogen-bond donors (Lipinski definition) is 1. The Morgan fingerprint density at radius 3 is 2.32 bits per heavy atom. The summed E-state index contributed by atoms with van der Waals surface area (Å²) in [6.45, 7) is 0.644. The Labute approximate surface area is 111 Å². The molecule has 0 unspecified atom stereocenters. The molecule has 0 radical (unpaired) electrons. The summed E-state index contributed by atoms with van der Waals surface area (Å²) in [5, 5.41) is 3.29. The predicted molar refractivity (Wildman–Crippen MR) is 75.7 cm³/mol. The van der Waals surface area contributed by atoms with Gasteiger partial charge in [-0.2, -0.15) is 0 Å². The molecule has 0 atom stereocenters. The van der Waals surface area contributed by atoms with E-state index in [-0.39, 0.29) is 0 Å². The van der Waals surface area contributed by atoms with Gasteiger partial charge in [-0.05, 0) is 23.3 Å². The molecular formula is C16H14N2O. The van der Waals surface area contributed by atoms with Gasteiger partial charge in [0.15, 0.2) is 6.39 Å². The third-order valence-corrected chi connectivity index (χ3v) is 2.94. The molecule has 0 aliphatic heterocycles. The van der Waals surface area contributed by atoms with Crippen LogP contribution in [-0.4, -0.2) is 4.98 Å². The summed E-state index contributed by atoms with van der Waals surface area (Å²) in [6, 6.07) is 18.7. The summed E-state index contributed by atoms with van der Waals surface area (Å²) in [7, 11) is 0. The summed E-state index contributed by atoms with van der Waals surface area (Å²) < 4.78 is 5.17. The van der Waals surface area contributed by atoms with E-state index < -0.39 is 0 Å². The number of hydrogen-bond acceptors (Lipinski definition) is 3. The molecule has 0 saturated heterocycles. The van der Waals surface area contributed by atoms with E-state index in [1.165, 1.54) is 17.5 Å². The zero-order valence-corrected chi connectivity index (χ0v) is 10.4. The molecule has 1 N–H and O–H groups in total. The number of rotatable bonds is 4. The molecule has 1 heterocycles. The predicted octanol–water partition coefficient (Wildman–Crippen LogP) is 3.95. The molecule has 3 heteroatoms. The monoisotopic (exact) mass is 250 g/mol. The van der Waals surface area contributed by atoms with Crippen LogP contribution < -0.4 is 5.32 Å². The Morgan fingerprint density at radius 1 is 0.895 bits per heavy atom. The van der Waals surface area contributed by atoms with Crippen molar-refractivity contribution in [3.63, 3.8) is 0 Å². The Morgan fingerprint density at radius 2 is 1.63 bits per heavy atom. The van der Waals surface area contributed by atoms with E-state index >= 15 is 0 Å². The van der Waals surface area contributed by atoms with Crippen molar-refractivity contribution in [2.75, 3.05) is 5.32 Å². The average Bonchev–Trinajstić information content (AvgIpc) is 3.00. The fourth-order valence-corrected chi connectivity index (χ4v) is 1.93. The first-order chi connectivity index (χ1) is 9.42. The van der Waals surface area contributed by atoms with Gasteiger partial charge in [-0.25, -0.2) is 4.98 Å². The van der Waals surface area contributed by atoms with Crippen LogP contribution in [0.2, 0.25) is 0 Å². The van der Waals surface area contributed by atoms with Gasteiger partial charge in [0.25, 0.3) is 0 Å². The molecule has 0 bridgehead atoms. The van der Waals surface area contributed by atoms with Gasteiger partial charge in [0.05, 0.1) is 12.7 Å². The van der Waals surface area contributed by atoms with Gasteiger partial charge in [-0.1, -0.05) is 42.5 Å². The van der Waals surface area contributed by atoms with Crippen LogP contribution in [0.3, 0.4) is 0 Å². The van der Waals surface area contributed by atoms with Crippen LogP contribution >= 0.6 is 0 Å². The van der Waals surface area contributed by atoms with Crippen LogP contribution in [0.5, 0.6) is 0 Å². The van der Waals surface area contributed by atoms with Gasteiger partial charge in [-0.3, -0.25) is 0 Å². The van der Waals surface area contributed by atoms with Gasteiger partial charge < -0.3 is 9.73 Å². The normalized spacial score (nSPS) is 10.3. The zero-order chi connectivity index (χ0) is 12.9. The maximum atomic E-state index is 5.17. The largest absolute Gasteiger partial charge is 0.447 e. The second-order valence-corrected chi connectivity index (χ2v) is 4.26. The molecule has 3 rings (SSSR count). The summed E-state index contributed by atoms with van der Waals surface area (Å²) in [6.07, 6.45) is 3.15. The van der Waals surface area contributed by atoms with Crippen molar-refractivity contribution >= 4 is 5.69 Å². The van der Waals surface area contributed by atoms with Gasteiger partial charge in [-0.15, -0.1) is 0 Å². The lowest BCUT2D eigenvalue weighted by Crippen LogP contribution is -1.97. The van der Waals surface area contributed by atoms with Crippen LogP contribution in [0.15, 0.2) is 71.6 Å². The first-order valence-corrected chi connectivity index (χ1v) is 6.18. The second-order valence-electron chi connectivity index (χ2n) is 4.26. The van der Waals surface area contributed by atoms with Crippen LogP contribution in [0.25, 0.3) is 11.1 Å². The molecule has 1 aromatic heterocycles. The molecule has 0 aliphatic carbocycles. The quantitative estimate of drug-likeness (QED) is 0.761. The minimum Gasteiger partial charge on any atom is -0.447 e. The van der Waals surface area contributed by atoms with E-state index in [2.05, 4.69) is 46.7 Å². The molecule has 0 spiro atoms. The maximum absolute atomic E-state index is 5.17. The second kappa shape index (κ2) is 5.40. The molecule has 3 nitrogen and oxygen atoms in total. The van der Waals surface area contributed by atoms with E-state index in [0.29, 0.717) is 6.54 Å². The molecule has 2 aromatic carbocycles. The molecule has 0 aliphatic rings. The number of aromatic nitrogens is 1. The highest BCUT2D eigenvalue weighted by molar-refractivity contribution is 5.65. The van der Waals surface area contributed by atoms with E-state index in [0.717, 1.165) is 11.4 Å². The summed E-state index contributed by atoms with van der Waals surface area (Å²) >= 11 is 0. The van der Waals surface area contributed by atoms with Gasteiger partial charge >= 0.3 is 0 Å². The first-order valence-electron chi connectivity index (χ1n) is 6.18. The lowest BCUT2D eigenvalue weighted by atomic mass is 10.1. The standard InChI is InChI=1S/C16H14N2O/c1-2-4-13(5-3-1)14-6-8-15(9-7-14)18-11-16-10-17-12-19-16/h1-10,12,18H,11H2. The van der Waals surface area contributed by atoms with E-state index in [9.17, 15) is 0 Å². The smallest absolute Gasteiger partial charge is 0.180 e. The lowest BCUT2D eigenvalue weighted by Gasteiger charge is -2.06. The minimum absolute atomic E-state index is 0.644. The highest BCUT2D eigenvalue weighted by atomic mass is 16.3.